The maximum absolute atomic E-state index is 11.2. The van der Waals surface area contributed by atoms with Crippen molar-refractivity contribution in [3.05, 3.63) is 0 Å². The van der Waals surface area contributed by atoms with Gasteiger partial charge in [-0.2, -0.15) is 0 Å². The molecule has 1 rings (SSSR count). The van der Waals surface area contributed by atoms with E-state index in [1.165, 1.54) is 0 Å². The first kappa shape index (κ1) is 7.73. The molecule has 0 heterocycles. The predicted molar refractivity (Wildman–Crippen MR) is 38.6 cm³/mol. The zero-order valence-electron chi connectivity index (χ0n) is 6.55. The van der Waals surface area contributed by atoms with Crippen molar-refractivity contribution in [3.63, 3.8) is 0 Å². The molecule has 0 unspecified atom stereocenters. The SMILES string of the molecule is CC[C@@]1(C)C(=O)CC[C@H]1O. The highest BCUT2D eigenvalue weighted by molar-refractivity contribution is 5.87. The normalized spacial score (nSPS) is 40.7. The summed E-state index contributed by atoms with van der Waals surface area (Å²) in [5.41, 5.74) is -0.431. The van der Waals surface area contributed by atoms with E-state index in [1.807, 2.05) is 13.8 Å². The van der Waals surface area contributed by atoms with E-state index in [1.54, 1.807) is 0 Å². The van der Waals surface area contributed by atoms with Crippen LogP contribution >= 0.6 is 0 Å². The molecule has 0 radical (unpaired) electrons. The first-order valence-corrected chi connectivity index (χ1v) is 3.82. The highest BCUT2D eigenvalue weighted by Crippen LogP contribution is 2.37. The second-order valence-electron chi connectivity index (χ2n) is 3.25. The van der Waals surface area contributed by atoms with E-state index >= 15 is 0 Å². The van der Waals surface area contributed by atoms with Crippen LogP contribution in [0, 0.1) is 5.41 Å². The van der Waals surface area contributed by atoms with Crippen molar-refractivity contribution in [2.45, 2.75) is 39.2 Å². The van der Waals surface area contributed by atoms with Gasteiger partial charge in [0.05, 0.1) is 11.5 Å². The quantitative estimate of drug-likeness (QED) is 0.595. The van der Waals surface area contributed by atoms with Crippen molar-refractivity contribution >= 4 is 5.78 Å². The second kappa shape index (κ2) is 2.35. The Hall–Kier alpha value is -0.370. The van der Waals surface area contributed by atoms with Crippen molar-refractivity contribution < 1.29 is 9.90 Å². The summed E-state index contributed by atoms with van der Waals surface area (Å²) in [6, 6.07) is 0. The van der Waals surface area contributed by atoms with E-state index in [0.29, 0.717) is 12.8 Å². The van der Waals surface area contributed by atoms with Crippen molar-refractivity contribution in [3.8, 4) is 0 Å². The van der Waals surface area contributed by atoms with Gasteiger partial charge in [-0.15, -0.1) is 0 Å². The van der Waals surface area contributed by atoms with E-state index in [2.05, 4.69) is 0 Å². The zero-order valence-corrected chi connectivity index (χ0v) is 6.55. The summed E-state index contributed by atoms with van der Waals surface area (Å²) in [6.07, 6.45) is 1.58. The molecule has 1 fully saturated rings. The van der Waals surface area contributed by atoms with Gasteiger partial charge in [0.1, 0.15) is 5.78 Å². The molecule has 2 atom stereocenters. The molecule has 10 heavy (non-hydrogen) atoms. The number of ketones is 1. The smallest absolute Gasteiger partial charge is 0.141 e. The Kier molecular flexibility index (Phi) is 1.82. The summed E-state index contributed by atoms with van der Waals surface area (Å²) >= 11 is 0. The molecule has 0 aromatic rings. The Balaban J connectivity index is 2.80. The Morgan fingerprint density at radius 3 is 2.60 bits per heavy atom. The third kappa shape index (κ3) is 0.870. The van der Waals surface area contributed by atoms with Crippen LogP contribution in [0.4, 0.5) is 0 Å². The zero-order chi connectivity index (χ0) is 7.78. The minimum Gasteiger partial charge on any atom is -0.392 e. The topological polar surface area (TPSA) is 37.3 Å². The highest BCUT2D eigenvalue weighted by Gasteiger charge is 2.43. The molecule has 0 bridgehead atoms. The number of Topliss-reactive ketones (excluding diaryl/α,β-unsaturated/α-hetero) is 1. The molecule has 0 spiro atoms. The van der Waals surface area contributed by atoms with Gasteiger partial charge in [-0.1, -0.05) is 13.8 Å². The van der Waals surface area contributed by atoms with Gasteiger partial charge in [0.15, 0.2) is 0 Å². The molecule has 0 amide bonds. The minimum atomic E-state index is -0.431. The lowest BCUT2D eigenvalue weighted by atomic mass is 9.83. The lowest BCUT2D eigenvalue weighted by molar-refractivity contribution is -0.128. The lowest BCUT2D eigenvalue weighted by Gasteiger charge is -2.23. The Labute approximate surface area is 61.2 Å². The van der Waals surface area contributed by atoms with Crippen LogP contribution in [-0.4, -0.2) is 17.0 Å². The molecule has 1 saturated carbocycles. The van der Waals surface area contributed by atoms with E-state index in [-0.39, 0.29) is 5.78 Å². The van der Waals surface area contributed by atoms with Crippen LogP contribution < -0.4 is 0 Å². The van der Waals surface area contributed by atoms with Crippen LogP contribution in [0.25, 0.3) is 0 Å². The van der Waals surface area contributed by atoms with E-state index in [0.717, 1.165) is 6.42 Å². The number of aliphatic hydroxyl groups excluding tert-OH is 1. The van der Waals surface area contributed by atoms with Gasteiger partial charge in [-0.3, -0.25) is 4.79 Å². The number of hydrogen-bond acceptors (Lipinski definition) is 2. The Bertz CT molecular complexity index is 153. The van der Waals surface area contributed by atoms with Crippen LogP contribution in [0.15, 0.2) is 0 Å². The van der Waals surface area contributed by atoms with Crippen LogP contribution in [0.2, 0.25) is 0 Å². The molecule has 58 valence electrons. The van der Waals surface area contributed by atoms with Gasteiger partial charge in [0, 0.05) is 6.42 Å². The van der Waals surface area contributed by atoms with E-state index in [4.69, 9.17) is 0 Å². The maximum Gasteiger partial charge on any atom is 0.141 e. The molecule has 1 aliphatic rings. The first-order valence-electron chi connectivity index (χ1n) is 3.82. The molecule has 0 aromatic carbocycles. The predicted octanol–water partition coefficient (Wildman–Crippen LogP) is 1.13. The molecule has 1 aliphatic carbocycles. The molecular formula is C8H14O2. The second-order valence-corrected chi connectivity index (χ2v) is 3.25. The van der Waals surface area contributed by atoms with Crippen molar-refractivity contribution in [2.24, 2.45) is 5.41 Å². The summed E-state index contributed by atoms with van der Waals surface area (Å²) in [4.78, 5) is 11.2. The maximum atomic E-state index is 11.2. The standard InChI is InChI=1S/C8H14O2/c1-3-8(2)6(9)4-5-7(8)10/h6,9H,3-5H2,1-2H3/t6-,8-/m1/s1. The van der Waals surface area contributed by atoms with Crippen molar-refractivity contribution in [2.75, 3.05) is 0 Å². The molecule has 2 heteroatoms. The number of carbonyl (C=O) groups is 1. The summed E-state index contributed by atoms with van der Waals surface area (Å²) < 4.78 is 0. The molecule has 0 aliphatic heterocycles. The number of rotatable bonds is 1. The summed E-state index contributed by atoms with van der Waals surface area (Å²) in [5, 5.41) is 9.40. The largest absolute Gasteiger partial charge is 0.392 e. The minimum absolute atomic E-state index is 0.225. The van der Waals surface area contributed by atoms with Gasteiger partial charge in [-0.05, 0) is 12.8 Å². The molecule has 0 saturated heterocycles. The van der Waals surface area contributed by atoms with Gasteiger partial charge < -0.3 is 5.11 Å². The fourth-order valence-corrected chi connectivity index (χ4v) is 1.49. The molecular weight excluding hydrogens is 128 g/mol. The average molecular weight is 142 g/mol. The van der Waals surface area contributed by atoms with Gasteiger partial charge in [0.25, 0.3) is 0 Å². The van der Waals surface area contributed by atoms with E-state index in [9.17, 15) is 9.90 Å². The number of carbonyl (C=O) groups excluding carboxylic acids is 1. The fraction of sp³-hybridized carbons (Fsp3) is 0.875. The fourth-order valence-electron chi connectivity index (χ4n) is 1.49. The average Bonchev–Trinajstić information content (AvgIpc) is 2.18. The highest BCUT2D eigenvalue weighted by atomic mass is 16.3. The van der Waals surface area contributed by atoms with Crippen LogP contribution in [0.1, 0.15) is 33.1 Å². The number of aliphatic hydroxyl groups is 1. The van der Waals surface area contributed by atoms with Gasteiger partial charge in [0.2, 0.25) is 0 Å². The van der Waals surface area contributed by atoms with Gasteiger partial charge >= 0.3 is 0 Å². The molecule has 2 nitrogen and oxygen atoms in total. The molecule has 0 aromatic heterocycles. The van der Waals surface area contributed by atoms with Crippen molar-refractivity contribution in [1.29, 1.82) is 0 Å². The van der Waals surface area contributed by atoms with Crippen LogP contribution in [0.5, 0.6) is 0 Å². The van der Waals surface area contributed by atoms with Gasteiger partial charge in [-0.25, -0.2) is 0 Å². The third-order valence-electron chi connectivity index (χ3n) is 2.75. The van der Waals surface area contributed by atoms with Crippen LogP contribution in [0.3, 0.4) is 0 Å². The summed E-state index contributed by atoms with van der Waals surface area (Å²) in [5.74, 6) is 0.225. The molecule has 1 N–H and O–H groups in total. The van der Waals surface area contributed by atoms with E-state index < -0.39 is 11.5 Å². The van der Waals surface area contributed by atoms with Crippen LogP contribution in [-0.2, 0) is 4.79 Å². The first-order chi connectivity index (χ1) is 4.61. The number of hydrogen-bond donors (Lipinski definition) is 1. The summed E-state index contributed by atoms with van der Waals surface area (Å²) in [7, 11) is 0. The van der Waals surface area contributed by atoms with Crippen molar-refractivity contribution in [1.82, 2.24) is 0 Å². The Morgan fingerprint density at radius 2 is 2.40 bits per heavy atom. The summed E-state index contributed by atoms with van der Waals surface area (Å²) in [6.45, 7) is 3.80. The lowest BCUT2D eigenvalue weighted by Crippen LogP contribution is -2.31. The third-order valence-corrected chi connectivity index (χ3v) is 2.75. The Morgan fingerprint density at radius 1 is 1.80 bits per heavy atom. The monoisotopic (exact) mass is 142 g/mol.